The summed E-state index contributed by atoms with van der Waals surface area (Å²) in [6, 6.07) is 12.0. The molecule has 0 radical (unpaired) electrons. The van der Waals surface area contributed by atoms with Crippen molar-refractivity contribution in [2.24, 2.45) is 0 Å². The zero-order valence-electron chi connectivity index (χ0n) is 14.3. The largest absolute Gasteiger partial charge is 0.351 e. The highest BCUT2D eigenvalue weighted by Crippen LogP contribution is 2.18. The second kappa shape index (κ2) is 8.06. The van der Waals surface area contributed by atoms with Gasteiger partial charge < -0.3 is 10.2 Å². The van der Waals surface area contributed by atoms with Gasteiger partial charge in [0.2, 0.25) is 0 Å². The van der Waals surface area contributed by atoms with Crippen molar-refractivity contribution in [1.82, 2.24) is 15.2 Å². The molecule has 4 nitrogen and oxygen atoms in total. The first-order valence-electron chi connectivity index (χ1n) is 8.76. The third-order valence-corrected chi connectivity index (χ3v) is 4.50. The number of hydrogen-bond donors (Lipinski definition) is 1. The molecule has 24 heavy (non-hydrogen) atoms. The van der Waals surface area contributed by atoms with E-state index in [1.807, 2.05) is 24.3 Å². The quantitative estimate of drug-likeness (QED) is 0.918. The number of aryl methyl sites for hydroxylation is 1. The first kappa shape index (κ1) is 16.7. The Morgan fingerprint density at radius 2 is 2.00 bits per heavy atom. The van der Waals surface area contributed by atoms with Crippen LogP contribution in [0.2, 0.25) is 0 Å². The van der Waals surface area contributed by atoms with E-state index in [-0.39, 0.29) is 5.91 Å². The molecule has 1 aliphatic heterocycles. The molecule has 0 unspecified atom stereocenters. The number of carbonyl (C=O) groups is 1. The molecule has 1 aliphatic rings. The lowest BCUT2D eigenvalue weighted by Crippen LogP contribution is -2.37. The molecule has 1 N–H and O–H groups in total. The lowest BCUT2D eigenvalue weighted by molar-refractivity contribution is 0.0946. The number of piperidine rings is 1. The minimum Gasteiger partial charge on any atom is -0.351 e. The molecule has 1 amide bonds. The van der Waals surface area contributed by atoms with Gasteiger partial charge in [-0.1, -0.05) is 30.2 Å². The summed E-state index contributed by atoms with van der Waals surface area (Å²) in [6.07, 6.45) is 5.55. The van der Waals surface area contributed by atoms with Gasteiger partial charge in [-0.2, -0.15) is 0 Å². The second-order valence-electron chi connectivity index (χ2n) is 6.46. The van der Waals surface area contributed by atoms with Crippen molar-refractivity contribution in [2.45, 2.75) is 26.2 Å². The van der Waals surface area contributed by atoms with E-state index in [2.05, 4.69) is 34.3 Å². The van der Waals surface area contributed by atoms with Crippen molar-refractivity contribution in [2.75, 3.05) is 26.2 Å². The van der Waals surface area contributed by atoms with E-state index in [4.69, 9.17) is 0 Å². The number of likely N-dealkylation sites (tertiary alicyclic amines) is 1. The van der Waals surface area contributed by atoms with Gasteiger partial charge in [-0.05, 0) is 51.1 Å². The van der Waals surface area contributed by atoms with Gasteiger partial charge in [0.1, 0.15) is 0 Å². The fourth-order valence-corrected chi connectivity index (χ4v) is 3.12. The van der Waals surface area contributed by atoms with E-state index >= 15 is 0 Å². The number of nitrogens with zero attached hydrogens (tertiary/aromatic N) is 2. The Hall–Kier alpha value is -2.20. The van der Waals surface area contributed by atoms with Crippen LogP contribution in [-0.4, -0.2) is 42.0 Å². The van der Waals surface area contributed by atoms with Gasteiger partial charge in [-0.15, -0.1) is 0 Å². The zero-order chi connectivity index (χ0) is 16.8. The van der Waals surface area contributed by atoms with Crippen LogP contribution in [0.1, 0.15) is 35.2 Å². The van der Waals surface area contributed by atoms with Gasteiger partial charge in [0.25, 0.3) is 5.91 Å². The summed E-state index contributed by atoms with van der Waals surface area (Å²) in [5, 5.41) is 2.99. The normalized spacial score (nSPS) is 15.2. The molecule has 1 fully saturated rings. The first-order chi connectivity index (χ1) is 11.7. The molecule has 1 saturated heterocycles. The maximum atomic E-state index is 12.2. The van der Waals surface area contributed by atoms with Crippen LogP contribution in [0.25, 0.3) is 11.3 Å². The maximum absolute atomic E-state index is 12.2. The Morgan fingerprint density at radius 3 is 2.71 bits per heavy atom. The summed E-state index contributed by atoms with van der Waals surface area (Å²) in [7, 11) is 0. The standard InChI is InChI=1S/C20H25N3O/c1-16-6-5-7-17(14-16)19-9-8-18(15-22-19)20(24)21-10-13-23-11-3-2-4-12-23/h5-9,14-15H,2-4,10-13H2,1H3,(H,21,24). The molecule has 2 heterocycles. The van der Waals surface area contributed by atoms with Crippen molar-refractivity contribution < 1.29 is 4.79 Å². The van der Waals surface area contributed by atoms with Crippen LogP contribution in [0.5, 0.6) is 0 Å². The predicted octanol–water partition coefficient (Wildman–Crippen LogP) is 3.27. The van der Waals surface area contributed by atoms with Gasteiger partial charge in [-0.3, -0.25) is 9.78 Å². The molecule has 0 aliphatic carbocycles. The topological polar surface area (TPSA) is 45.2 Å². The minimum atomic E-state index is -0.0460. The fourth-order valence-electron chi connectivity index (χ4n) is 3.12. The number of nitrogens with one attached hydrogen (secondary N) is 1. The van der Waals surface area contributed by atoms with Gasteiger partial charge in [0.05, 0.1) is 11.3 Å². The average molecular weight is 323 g/mol. The molecule has 1 aromatic heterocycles. The summed E-state index contributed by atoms with van der Waals surface area (Å²) in [6.45, 7) is 6.00. The molecule has 126 valence electrons. The lowest BCUT2D eigenvalue weighted by Gasteiger charge is -2.26. The summed E-state index contributed by atoms with van der Waals surface area (Å²) < 4.78 is 0. The van der Waals surface area contributed by atoms with Crippen molar-refractivity contribution in [3.63, 3.8) is 0 Å². The SMILES string of the molecule is Cc1cccc(-c2ccc(C(=O)NCCN3CCCCC3)cn2)c1. The Balaban J connectivity index is 1.53. The van der Waals surface area contributed by atoms with Crippen molar-refractivity contribution in [1.29, 1.82) is 0 Å². The molecule has 0 bridgehead atoms. The van der Waals surface area contributed by atoms with Gasteiger partial charge >= 0.3 is 0 Å². The molecule has 0 atom stereocenters. The molecular weight excluding hydrogens is 298 g/mol. The van der Waals surface area contributed by atoms with Crippen molar-refractivity contribution in [3.8, 4) is 11.3 Å². The molecular formula is C20H25N3O. The molecule has 3 rings (SSSR count). The fraction of sp³-hybridized carbons (Fsp3) is 0.400. The van der Waals surface area contributed by atoms with E-state index in [9.17, 15) is 4.79 Å². The Morgan fingerprint density at radius 1 is 1.17 bits per heavy atom. The van der Waals surface area contributed by atoms with E-state index in [1.165, 1.54) is 24.8 Å². The van der Waals surface area contributed by atoms with Gasteiger partial charge in [0, 0.05) is 24.8 Å². The Labute approximate surface area is 143 Å². The van der Waals surface area contributed by atoms with E-state index < -0.39 is 0 Å². The number of benzene rings is 1. The van der Waals surface area contributed by atoms with Crippen LogP contribution in [0.15, 0.2) is 42.6 Å². The van der Waals surface area contributed by atoms with E-state index in [0.717, 1.165) is 30.9 Å². The van der Waals surface area contributed by atoms with E-state index in [1.54, 1.807) is 6.20 Å². The molecule has 0 spiro atoms. The average Bonchev–Trinajstić information content (AvgIpc) is 2.63. The van der Waals surface area contributed by atoms with Crippen LogP contribution in [0.3, 0.4) is 0 Å². The Bertz CT molecular complexity index is 676. The highest BCUT2D eigenvalue weighted by molar-refractivity contribution is 5.94. The smallest absolute Gasteiger partial charge is 0.252 e. The summed E-state index contributed by atoms with van der Waals surface area (Å²) in [5.41, 5.74) is 3.79. The maximum Gasteiger partial charge on any atom is 0.252 e. The predicted molar refractivity (Wildman–Crippen MR) is 97.0 cm³/mol. The number of hydrogen-bond acceptors (Lipinski definition) is 3. The number of amides is 1. The first-order valence-corrected chi connectivity index (χ1v) is 8.76. The minimum absolute atomic E-state index is 0.0460. The second-order valence-corrected chi connectivity index (χ2v) is 6.46. The summed E-state index contributed by atoms with van der Waals surface area (Å²) in [4.78, 5) is 19.1. The highest BCUT2D eigenvalue weighted by atomic mass is 16.1. The molecule has 0 saturated carbocycles. The lowest BCUT2D eigenvalue weighted by atomic mass is 10.1. The number of aromatic nitrogens is 1. The monoisotopic (exact) mass is 323 g/mol. The van der Waals surface area contributed by atoms with Gasteiger partial charge in [0.15, 0.2) is 0 Å². The molecule has 4 heteroatoms. The Kier molecular flexibility index (Phi) is 5.59. The van der Waals surface area contributed by atoms with Crippen LogP contribution in [-0.2, 0) is 0 Å². The van der Waals surface area contributed by atoms with Crippen LogP contribution < -0.4 is 5.32 Å². The van der Waals surface area contributed by atoms with Gasteiger partial charge in [-0.25, -0.2) is 0 Å². The van der Waals surface area contributed by atoms with E-state index in [0.29, 0.717) is 12.1 Å². The third kappa shape index (κ3) is 4.42. The summed E-state index contributed by atoms with van der Waals surface area (Å²) >= 11 is 0. The number of pyridine rings is 1. The summed E-state index contributed by atoms with van der Waals surface area (Å²) in [5.74, 6) is -0.0460. The highest BCUT2D eigenvalue weighted by Gasteiger charge is 2.11. The van der Waals surface area contributed by atoms with Crippen molar-refractivity contribution >= 4 is 5.91 Å². The third-order valence-electron chi connectivity index (χ3n) is 4.50. The molecule has 1 aromatic carbocycles. The zero-order valence-corrected chi connectivity index (χ0v) is 14.3. The van der Waals surface area contributed by atoms with Crippen LogP contribution in [0, 0.1) is 6.92 Å². The molecule has 2 aromatic rings. The number of carbonyl (C=O) groups excluding carboxylic acids is 1. The number of rotatable bonds is 5. The van der Waals surface area contributed by atoms with Crippen molar-refractivity contribution in [3.05, 3.63) is 53.7 Å². The van der Waals surface area contributed by atoms with Crippen LogP contribution >= 0.6 is 0 Å². The van der Waals surface area contributed by atoms with Crippen LogP contribution in [0.4, 0.5) is 0 Å².